The third kappa shape index (κ3) is 4.21. The van der Waals surface area contributed by atoms with Crippen LogP contribution in [0.25, 0.3) is 10.9 Å². The van der Waals surface area contributed by atoms with Gasteiger partial charge in [0.2, 0.25) is 0 Å². The quantitative estimate of drug-likeness (QED) is 0.851. The van der Waals surface area contributed by atoms with Crippen molar-refractivity contribution in [2.24, 2.45) is 5.92 Å². The number of hydrogen-bond acceptors (Lipinski definition) is 5. The minimum absolute atomic E-state index is 0.260. The highest BCUT2D eigenvalue weighted by Gasteiger charge is 2.34. The first-order valence-electron chi connectivity index (χ1n) is 9.99. The summed E-state index contributed by atoms with van der Waals surface area (Å²) in [7, 11) is 0. The van der Waals surface area contributed by atoms with E-state index in [1.165, 1.54) is 0 Å². The van der Waals surface area contributed by atoms with Gasteiger partial charge in [-0.05, 0) is 43.4 Å². The van der Waals surface area contributed by atoms with Gasteiger partial charge < -0.3 is 14.7 Å². The van der Waals surface area contributed by atoms with Gasteiger partial charge in [-0.1, -0.05) is 23.7 Å². The summed E-state index contributed by atoms with van der Waals surface area (Å²) in [6, 6.07) is 10.7. The maximum atomic E-state index is 9.35. The molecule has 146 valence electrons. The number of anilines is 1. The minimum Gasteiger partial charge on any atom is -0.396 e. The molecule has 0 unspecified atom stereocenters. The summed E-state index contributed by atoms with van der Waals surface area (Å²) in [5, 5.41) is 11.1. The zero-order chi connectivity index (χ0) is 18.6. The minimum atomic E-state index is 0.260. The van der Waals surface area contributed by atoms with Crippen LogP contribution in [0.3, 0.4) is 0 Å². The maximum Gasteiger partial charge on any atom is 0.129 e. The Balaban J connectivity index is 1.53. The first-order valence-corrected chi connectivity index (χ1v) is 10.4. The average Bonchev–Trinajstić information content (AvgIpc) is 2.73. The van der Waals surface area contributed by atoms with Crippen LogP contribution < -0.4 is 4.90 Å². The van der Waals surface area contributed by atoms with Crippen molar-refractivity contribution in [2.45, 2.75) is 25.3 Å². The van der Waals surface area contributed by atoms with E-state index in [9.17, 15) is 5.11 Å². The number of pyridine rings is 1. The molecule has 0 spiro atoms. The second-order valence-corrected chi connectivity index (χ2v) is 7.96. The zero-order valence-electron chi connectivity index (χ0n) is 15.7. The summed E-state index contributed by atoms with van der Waals surface area (Å²) < 4.78 is 5.53. The van der Waals surface area contributed by atoms with Crippen molar-refractivity contribution in [3.8, 4) is 0 Å². The Hall–Kier alpha value is -1.40. The summed E-state index contributed by atoms with van der Waals surface area (Å²) in [4.78, 5) is 9.84. The van der Waals surface area contributed by atoms with Crippen molar-refractivity contribution in [1.29, 1.82) is 0 Å². The maximum absolute atomic E-state index is 9.35. The highest BCUT2D eigenvalue weighted by molar-refractivity contribution is 6.35. The number of fused-ring (bicyclic) bond motifs is 1. The van der Waals surface area contributed by atoms with Crippen LogP contribution in [0.2, 0.25) is 5.02 Å². The number of piperidine rings is 1. The van der Waals surface area contributed by atoms with Crippen LogP contribution in [0.4, 0.5) is 5.82 Å². The van der Waals surface area contributed by atoms with Crippen LogP contribution in [0, 0.1) is 5.92 Å². The van der Waals surface area contributed by atoms with Crippen LogP contribution in [0.15, 0.2) is 30.3 Å². The number of aliphatic hydroxyl groups is 1. The Bertz CT molecular complexity index is 766. The number of halogens is 1. The van der Waals surface area contributed by atoms with Gasteiger partial charge in [0.15, 0.2) is 0 Å². The summed E-state index contributed by atoms with van der Waals surface area (Å²) in [5.74, 6) is 1.54. The predicted molar refractivity (Wildman–Crippen MR) is 110 cm³/mol. The number of hydrogen-bond donors (Lipinski definition) is 1. The van der Waals surface area contributed by atoms with Crippen molar-refractivity contribution >= 4 is 28.3 Å². The Morgan fingerprint density at radius 1 is 1.15 bits per heavy atom. The average molecular weight is 390 g/mol. The Morgan fingerprint density at radius 3 is 2.81 bits per heavy atom. The molecule has 1 aromatic heterocycles. The van der Waals surface area contributed by atoms with E-state index in [1.54, 1.807) is 0 Å². The molecule has 2 aliphatic rings. The molecule has 0 saturated carbocycles. The lowest BCUT2D eigenvalue weighted by atomic mass is 9.86. The molecule has 27 heavy (non-hydrogen) atoms. The van der Waals surface area contributed by atoms with Gasteiger partial charge in [0.25, 0.3) is 0 Å². The van der Waals surface area contributed by atoms with E-state index in [0.717, 1.165) is 75.4 Å². The zero-order valence-corrected chi connectivity index (χ0v) is 16.4. The molecular formula is C21H28ClN3O2. The fourth-order valence-electron chi connectivity index (χ4n) is 4.53. The van der Waals surface area contributed by atoms with E-state index in [4.69, 9.17) is 21.3 Å². The van der Waals surface area contributed by atoms with Gasteiger partial charge in [-0.15, -0.1) is 0 Å². The molecule has 2 fully saturated rings. The number of para-hydroxylation sites is 1. The SMILES string of the molecule is OCCC[C@@H]1CN(c2ccc3cccc(Cl)c3n2)CC[C@@H]1N1CCOCC1. The molecule has 0 amide bonds. The van der Waals surface area contributed by atoms with E-state index in [1.807, 2.05) is 18.2 Å². The molecule has 2 atom stereocenters. The summed E-state index contributed by atoms with van der Waals surface area (Å²) in [6.45, 7) is 5.94. The lowest BCUT2D eigenvalue weighted by Gasteiger charge is -2.45. The van der Waals surface area contributed by atoms with Crippen LogP contribution in [-0.4, -0.2) is 67.0 Å². The van der Waals surface area contributed by atoms with Crippen LogP contribution >= 0.6 is 11.6 Å². The van der Waals surface area contributed by atoms with E-state index in [2.05, 4.69) is 21.9 Å². The first-order chi connectivity index (χ1) is 13.3. The molecule has 0 aliphatic carbocycles. The molecule has 1 N–H and O–H groups in total. The smallest absolute Gasteiger partial charge is 0.129 e. The Labute approximate surface area is 165 Å². The predicted octanol–water partition coefficient (Wildman–Crippen LogP) is 3.19. The Kier molecular flexibility index (Phi) is 6.13. The van der Waals surface area contributed by atoms with Gasteiger partial charge >= 0.3 is 0 Å². The van der Waals surface area contributed by atoms with Gasteiger partial charge in [-0.2, -0.15) is 0 Å². The fourth-order valence-corrected chi connectivity index (χ4v) is 4.76. The van der Waals surface area contributed by atoms with E-state index in [-0.39, 0.29) is 6.61 Å². The van der Waals surface area contributed by atoms with Crippen molar-refractivity contribution in [3.63, 3.8) is 0 Å². The van der Waals surface area contributed by atoms with Gasteiger partial charge in [0.05, 0.1) is 23.8 Å². The summed E-state index contributed by atoms with van der Waals surface area (Å²) >= 11 is 6.36. The topological polar surface area (TPSA) is 48.8 Å². The van der Waals surface area contributed by atoms with Crippen LogP contribution in [-0.2, 0) is 4.74 Å². The summed E-state index contributed by atoms with van der Waals surface area (Å²) in [5.41, 5.74) is 0.874. The third-order valence-corrected chi connectivity index (χ3v) is 6.23. The van der Waals surface area contributed by atoms with E-state index >= 15 is 0 Å². The lowest BCUT2D eigenvalue weighted by molar-refractivity contribution is -0.00415. The molecule has 4 rings (SSSR count). The molecule has 0 bridgehead atoms. The molecule has 6 heteroatoms. The first kappa shape index (κ1) is 18.9. The summed E-state index contributed by atoms with van der Waals surface area (Å²) in [6.07, 6.45) is 3.03. The second-order valence-electron chi connectivity index (χ2n) is 7.56. The Morgan fingerprint density at radius 2 is 2.00 bits per heavy atom. The normalized spacial score (nSPS) is 24.4. The number of ether oxygens (including phenoxy) is 1. The van der Waals surface area contributed by atoms with Gasteiger partial charge in [-0.3, -0.25) is 4.90 Å². The van der Waals surface area contributed by atoms with Gasteiger partial charge in [0.1, 0.15) is 5.82 Å². The molecule has 1 aromatic carbocycles. The van der Waals surface area contributed by atoms with Crippen LogP contribution in [0.5, 0.6) is 0 Å². The number of nitrogens with zero attached hydrogens (tertiary/aromatic N) is 3. The molecular weight excluding hydrogens is 362 g/mol. The van der Waals surface area contributed by atoms with Crippen molar-refractivity contribution in [1.82, 2.24) is 9.88 Å². The number of benzene rings is 1. The van der Waals surface area contributed by atoms with Gasteiger partial charge in [0, 0.05) is 44.2 Å². The standard InChI is InChI=1S/C21H28ClN3O2/c22-18-5-1-3-16-6-7-20(23-21(16)18)25-9-8-19(17(15-25)4-2-12-26)24-10-13-27-14-11-24/h1,3,5-7,17,19,26H,2,4,8-15H2/t17-,19+/m1/s1. The fraction of sp³-hybridized carbons (Fsp3) is 0.571. The number of aliphatic hydroxyl groups excluding tert-OH is 1. The molecule has 2 aliphatic heterocycles. The van der Waals surface area contributed by atoms with Crippen molar-refractivity contribution in [3.05, 3.63) is 35.4 Å². The molecule has 5 nitrogen and oxygen atoms in total. The lowest BCUT2D eigenvalue weighted by Crippen LogP contribution is -2.54. The van der Waals surface area contributed by atoms with Crippen molar-refractivity contribution < 1.29 is 9.84 Å². The molecule has 2 saturated heterocycles. The van der Waals surface area contributed by atoms with Gasteiger partial charge in [-0.25, -0.2) is 4.98 Å². The third-order valence-electron chi connectivity index (χ3n) is 5.92. The molecule has 0 radical (unpaired) electrons. The van der Waals surface area contributed by atoms with E-state index in [0.29, 0.717) is 17.0 Å². The molecule has 2 aromatic rings. The van der Waals surface area contributed by atoms with E-state index < -0.39 is 0 Å². The highest BCUT2D eigenvalue weighted by Crippen LogP contribution is 2.31. The molecule has 3 heterocycles. The monoisotopic (exact) mass is 389 g/mol. The highest BCUT2D eigenvalue weighted by atomic mass is 35.5. The number of aromatic nitrogens is 1. The van der Waals surface area contributed by atoms with Crippen LogP contribution in [0.1, 0.15) is 19.3 Å². The van der Waals surface area contributed by atoms with Crippen molar-refractivity contribution in [2.75, 3.05) is 50.9 Å². The number of morpholine rings is 1. The number of rotatable bonds is 5. The largest absolute Gasteiger partial charge is 0.396 e. The second kappa shape index (κ2) is 8.74.